The molecule has 1 rings (SSSR count). The number of anilines is 1. The molecule has 0 atom stereocenters. The minimum atomic E-state index is -0.0525. The van der Waals surface area contributed by atoms with Gasteiger partial charge in [-0.15, -0.1) is 0 Å². The van der Waals surface area contributed by atoms with E-state index in [4.69, 9.17) is 4.74 Å². The van der Waals surface area contributed by atoms with Crippen LogP contribution in [0.2, 0.25) is 0 Å². The van der Waals surface area contributed by atoms with Gasteiger partial charge in [0.15, 0.2) is 0 Å². The van der Waals surface area contributed by atoms with Gasteiger partial charge in [-0.3, -0.25) is 4.79 Å². The van der Waals surface area contributed by atoms with E-state index in [2.05, 4.69) is 15.6 Å². The first-order valence-electron chi connectivity index (χ1n) is 5.30. The second-order valence-corrected chi connectivity index (χ2v) is 3.19. The van der Waals surface area contributed by atoms with Crippen LogP contribution in [0.4, 0.5) is 5.69 Å². The Balaban J connectivity index is 2.61. The number of ether oxygens (including phenoxy) is 1. The van der Waals surface area contributed by atoms with E-state index in [0.29, 0.717) is 31.1 Å². The lowest BCUT2D eigenvalue weighted by atomic mass is 10.3. The van der Waals surface area contributed by atoms with E-state index in [0.717, 1.165) is 0 Å². The Labute approximate surface area is 95.2 Å². The second kappa shape index (κ2) is 6.79. The molecule has 88 valence electrons. The predicted molar refractivity (Wildman–Crippen MR) is 62.6 cm³/mol. The largest absolute Gasteiger partial charge is 0.476 e. The molecule has 0 spiro atoms. The molecule has 2 N–H and O–H groups in total. The monoisotopic (exact) mass is 223 g/mol. The second-order valence-electron chi connectivity index (χ2n) is 3.19. The lowest BCUT2D eigenvalue weighted by Gasteiger charge is -2.09. The van der Waals surface area contributed by atoms with Gasteiger partial charge < -0.3 is 15.4 Å². The number of hydrogen-bond donors (Lipinski definition) is 2. The molecular formula is C11H17N3O2. The molecule has 0 aliphatic rings. The van der Waals surface area contributed by atoms with Gasteiger partial charge in [0.1, 0.15) is 5.69 Å². The number of carbonyl (C=O) groups excluding carboxylic acids is 1. The number of pyridine rings is 1. The Hall–Kier alpha value is -1.62. The molecule has 0 fully saturated rings. The van der Waals surface area contributed by atoms with Crippen molar-refractivity contribution < 1.29 is 9.53 Å². The number of hydrogen-bond acceptors (Lipinski definition) is 4. The minimum absolute atomic E-state index is 0.0525. The summed E-state index contributed by atoms with van der Waals surface area (Å²) < 4.78 is 5.30. The van der Waals surface area contributed by atoms with Crippen molar-refractivity contribution in [3.05, 3.63) is 18.3 Å². The van der Waals surface area contributed by atoms with Gasteiger partial charge in [0.05, 0.1) is 6.61 Å². The van der Waals surface area contributed by atoms with Crippen LogP contribution in [0.5, 0.6) is 5.88 Å². The summed E-state index contributed by atoms with van der Waals surface area (Å²) in [7, 11) is 1.81. The molecule has 1 aromatic rings. The predicted octanol–water partition coefficient (Wildman–Crippen LogP) is 1.03. The van der Waals surface area contributed by atoms with Crippen molar-refractivity contribution >= 4 is 11.6 Å². The Morgan fingerprint density at radius 2 is 2.38 bits per heavy atom. The maximum Gasteiger partial charge on any atom is 0.237 e. The number of amides is 1. The lowest BCUT2D eigenvalue weighted by molar-refractivity contribution is -0.116. The molecule has 0 aromatic carbocycles. The highest BCUT2D eigenvalue weighted by Gasteiger charge is 2.07. The van der Waals surface area contributed by atoms with Crippen molar-refractivity contribution in [1.29, 1.82) is 0 Å². The normalized spacial score (nSPS) is 9.88. The summed E-state index contributed by atoms with van der Waals surface area (Å²) in [6.45, 7) is 3.05. The number of nitrogens with one attached hydrogen (secondary N) is 2. The third-order valence-electron chi connectivity index (χ3n) is 1.93. The van der Waals surface area contributed by atoms with E-state index in [1.165, 1.54) is 0 Å². The molecular weight excluding hydrogens is 206 g/mol. The SMILES string of the molecule is CCOc1ncccc1NC(=O)CCNC. The standard InChI is InChI=1S/C11H17N3O2/c1-3-16-11-9(5-4-7-13-11)14-10(15)6-8-12-2/h4-5,7,12H,3,6,8H2,1-2H3,(H,14,15). The number of aromatic nitrogens is 1. The third kappa shape index (κ3) is 3.86. The zero-order chi connectivity index (χ0) is 11.8. The Morgan fingerprint density at radius 3 is 3.06 bits per heavy atom. The van der Waals surface area contributed by atoms with Crippen LogP contribution in [0.1, 0.15) is 13.3 Å². The molecule has 5 heteroatoms. The van der Waals surface area contributed by atoms with Crippen LogP contribution in [0.15, 0.2) is 18.3 Å². The Morgan fingerprint density at radius 1 is 1.56 bits per heavy atom. The van der Waals surface area contributed by atoms with Crippen molar-refractivity contribution in [3.63, 3.8) is 0 Å². The van der Waals surface area contributed by atoms with Crippen LogP contribution in [0.3, 0.4) is 0 Å². The van der Waals surface area contributed by atoms with E-state index in [-0.39, 0.29) is 5.91 Å². The summed E-state index contributed by atoms with van der Waals surface area (Å²) in [4.78, 5) is 15.5. The average Bonchev–Trinajstić information content (AvgIpc) is 2.29. The summed E-state index contributed by atoms with van der Waals surface area (Å²) in [5.41, 5.74) is 0.616. The lowest BCUT2D eigenvalue weighted by Crippen LogP contribution is -2.19. The summed E-state index contributed by atoms with van der Waals surface area (Å²) in [5, 5.41) is 5.68. The smallest absolute Gasteiger partial charge is 0.237 e. The van der Waals surface area contributed by atoms with Crippen LogP contribution < -0.4 is 15.4 Å². The van der Waals surface area contributed by atoms with Crippen LogP contribution in [0.25, 0.3) is 0 Å². The molecule has 0 aliphatic heterocycles. The van der Waals surface area contributed by atoms with Crippen LogP contribution in [0, 0.1) is 0 Å². The van der Waals surface area contributed by atoms with Crippen LogP contribution in [-0.4, -0.2) is 31.1 Å². The van der Waals surface area contributed by atoms with Gasteiger partial charge in [0.25, 0.3) is 0 Å². The molecule has 0 unspecified atom stereocenters. The van der Waals surface area contributed by atoms with E-state index < -0.39 is 0 Å². The molecule has 0 aliphatic carbocycles. The molecule has 1 amide bonds. The van der Waals surface area contributed by atoms with Gasteiger partial charge in [-0.2, -0.15) is 0 Å². The molecule has 1 aromatic heterocycles. The maximum absolute atomic E-state index is 11.5. The average molecular weight is 223 g/mol. The minimum Gasteiger partial charge on any atom is -0.476 e. The molecule has 5 nitrogen and oxygen atoms in total. The molecule has 0 radical (unpaired) electrons. The van der Waals surface area contributed by atoms with Crippen LogP contribution in [-0.2, 0) is 4.79 Å². The van der Waals surface area contributed by atoms with E-state index in [1.54, 1.807) is 18.3 Å². The quantitative estimate of drug-likeness (QED) is 0.756. The molecule has 0 saturated carbocycles. The van der Waals surface area contributed by atoms with Crippen molar-refractivity contribution in [2.75, 3.05) is 25.5 Å². The highest BCUT2D eigenvalue weighted by molar-refractivity contribution is 5.91. The van der Waals surface area contributed by atoms with Crippen molar-refractivity contribution in [3.8, 4) is 5.88 Å². The fourth-order valence-corrected chi connectivity index (χ4v) is 1.19. The van der Waals surface area contributed by atoms with Gasteiger partial charge in [-0.25, -0.2) is 4.98 Å². The number of rotatable bonds is 6. The summed E-state index contributed by atoms with van der Waals surface area (Å²) in [6.07, 6.45) is 2.06. The van der Waals surface area contributed by atoms with E-state index in [1.807, 2.05) is 14.0 Å². The first-order chi connectivity index (χ1) is 7.77. The third-order valence-corrected chi connectivity index (χ3v) is 1.93. The fraction of sp³-hybridized carbons (Fsp3) is 0.455. The molecule has 0 saturated heterocycles. The number of carbonyl (C=O) groups is 1. The molecule has 16 heavy (non-hydrogen) atoms. The van der Waals surface area contributed by atoms with Crippen molar-refractivity contribution in [2.45, 2.75) is 13.3 Å². The Kier molecular flexibility index (Phi) is 5.28. The Bertz CT molecular complexity index is 342. The zero-order valence-electron chi connectivity index (χ0n) is 9.62. The molecule has 1 heterocycles. The zero-order valence-corrected chi connectivity index (χ0v) is 9.62. The maximum atomic E-state index is 11.5. The van der Waals surface area contributed by atoms with Gasteiger partial charge in [0, 0.05) is 19.2 Å². The van der Waals surface area contributed by atoms with Crippen molar-refractivity contribution in [1.82, 2.24) is 10.3 Å². The highest BCUT2D eigenvalue weighted by Crippen LogP contribution is 2.20. The first-order valence-corrected chi connectivity index (χ1v) is 5.30. The summed E-state index contributed by atoms with van der Waals surface area (Å²) >= 11 is 0. The summed E-state index contributed by atoms with van der Waals surface area (Å²) in [5.74, 6) is 0.408. The van der Waals surface area contributed by atoms with Gasteiger partial charge in [-0.1, -0.05) is 0 Å². The van der Waals surface area contributed by atoms with Crippen molar-refractivity contribution in [2.24, 2.45) is 0 Å². The van der Waals surface area contributed by atoms with Gasteiger partial charge in [-0.05, 0) is 26.1 Å². The first kappa shape index (κ1) is 12.4. The fourth-order valence-electron chi connectivity index (χ4n) is 1.19. The van der Waals surface area contributed by atoms with Gasteiger partial charge in [0.2, 0.25) is 11.8 Å². The highest BCUT2D eigenvalue weighted by atomic mass is 16.5. The van der Waals surface area contributed by atoms with Gasteiger partial charge >= 0.3 is 0 Å². The molecule has 0 bridgehead atoms. The van der Waals surface area contributed by atoms with E-state index >= 15 is 0 Å². The topological polar surface area (TPSA) is 63.2 Å². The number of nitrogens with zero attached hydrogens (tertiary/aromatic N) is 1. The van der Waals surface area contributed by atoms with E-state index in [9.17, 15) is 4.79 Å². The summed E-state index contributed by atoms with van der Waals surface area (Å²) in [6, 6.07) is 3.53. The van der Waals surface area contributed by atoms with Crippen LogP contribution >= 0.6 is 0 Å².